The average molecular weight is 264 g/mol. The molecule has 0 saturated heterocycles. The molecule has 0 radical (unpaired) electrons. The van der Waals surface area contributed by atoms with Crippen LogP contribution in [-0.2, 0) is 0 Å². The van der Waals surface area contributed by atoms with Crippen molar-refractivity contribution in [3.05, 3.63) is 36.4 Å². The Morgan fingerprint density at radius 3 is 2.89 bits per heavy atom. The van der Waals surface area contributed by atoms with Crippen molar-refractivity contribution < 1.29 is 14.6 Å². The van der Waals surface area contributed by atoms with Crippen molar-refractivity contribution in [1.29, 1.82) is 0 Å². The average Bonchev–Trinajstić information content (AvgIpc) is 2.37. The molecule has 2 amide bonds. The van der Waals surface area contributed by atoms with Crippen LogP contribution in [0.1, 0.15) is 6.92 Å². The summed E-state index contributed by atoms with van der Waals surface area (Å²) in [5.74, 6) is 0.672. The van der Waals surface area contributed by atoms with Crippen molar-refractivity contribution in [2.75, 3.05) is 32.1 Å². The molecule has 0 fully saturated rings. The molecule has 1 rings (SSSR count). The van der Waals surface area contributed by atoms with Crippen LogP contribution >= 0.6 is 0 Å². The maximum Gasteiger partial charge on any atom is 0.321 e. The van der Waals surface area contributed by atoms with E-state index < -0.39 is 0 Å². The van der Waals surface area contributed by atoms with Crippen LogP contribution in [0.3, 0.4) is 0 Å². The van der Waals surface area contributed by atoms with Crippen molar-refractivity contribution in [2.24, 2.45) is 0 Å². The number of ether oxygens (including phenoxy) is 1. The van der Waals surface area contributed by atoms with Crippen molar-refractivity contribution in [3.63, 3.8) is 0 Å². The van der Waals surface area contributed by atoms with Gasteiger partial charge in [0.2, 0.25) is 0 Å². The first-order valence-electron chi connectivity index (χ1n) is 6.03. The van der Waals surface area contributed by atoms with Gasteiger partial charge in [-0.1, -0.05) is 12.6 Å². The van der Waals surface area contributed by atoms with Crippen LogP contribution in [0.25, 0.3) is 0 Å². The number of likely N-dealkylation sites (N-methyl/N-ethyl adjacent to an activating group) is 1. The van der Waals surface area contributed by atoms with Crippen molar-refractivity contribution in [2.45, 2.75) is 6.92 Å². The molecule has 19 heavy (non-hydrogen) atoms. The summed E-state index contributed by atoms with van der Waals surface area (Å²) in [5.41, 5.74) is 1.58. The highest BCUT2D eigenvalue weighted by molar-refractivity contribution is 5.89. The molecule has 0 heterocycles. The Kier molecular flexibility index (Phi) is 5.89. The Bertz CT molecular complexity index is 446. The molecule has 0 aliphatic rings. The van der Waals surface area contributed by atoms with Gasteiger partial charge in [0.15, 0.2) is 0 Å². The predicted molar refractivity (Wildman–Crippen MR) is 75.5 cm³/mol. The second-order valence-electron chi connectivity index (χ2n) is 4.35. The number of hydrogen-bond donors (Lipinski definition) is 2. The summed E-state index contributed by atoms with van der Waals surface area (Å²) in [6, 6.07) is 6.86. The Balaban J connectivity index is 2.61. The molecule has 0 aliphatic carbocycles. The number of anilines is 1. The van der Waals surface area contributed by atoms with Gasteiger partial charge >= 0.3 is 6.03 Å². The monoisotopic (exact) mass is 264 g/mol. The third-order valence-electron chi connectivity index (χ3n) is 2.35. The number of amides is 2. The fourth-order valence-electron chi connectivity index (χ4n) is 1.34. The molecule has 0 bridgehead atoms. The first-order chi connectivity index (χ1) is 9.02. The number of nitrogens with one attached hydrogen (secondary N) is 1. The molecule has 0 saturated carbocycles. The second kappa shape index (κ2) is 7.43. The minimum absolute atomic E-state index is 0.0638. The summed E-state index contributed by atoms with van der Waals surface area (Å²) in [6.45, 7) is 6.32. The molecular weight excluding hydrogens is 244 g/mol. The molecule has 0 aliphatic heterocycles. The van der Waals surface area contributed by atoms with E-state index in [9.17, 15) is 4.79 Å². The lowest BCUT2D eigenvalue weighted by Gasteiger charge is -2.17. The van der Waals surface area contributed by atoms with Crippen LogP contribution in [0, 0.1) is 0 Å². The maximum atomic E-state index is 11.7. The largest absolute Gasteiger partial charge is 0.489 e. The fourth-order valence-corrected chi connectivity index (χ4v) is 1.34. The molecular formula is C14H20N2O3. The second-order valence-corrected chi connectivity index (χ2v) is 4.35. The highest BCUT2D eigenvalue weighted by Gasteiger charge is 2.08. The Hall–Kier alpha value is -2.01. The Morgan fingerprint density at radius 2 is 2.26 bits per heavy atom. The lowest BCUT2D eigenvalue weighted by Crippen LogP contribution is -2.33. The zero-order valence-electron chi connectivity index (χ0n) is 11.3. The van der Waals surface area contributed by atoms with E-state index in [1.807, 2.05) is 13.0 Å². The van der Waals surface area contributed by atoms with E-state index in [4.69, 9.17) is 9.84 Å². The third kappa shape index (κ3) is 5.44. The molecule has 1 aromatic carbocycles. The Labute approximate surface area is 113 Å². The number of hydrogen-bond acceptors (Lipinski definition) is 3. The molecule has 1 aromatic rings. The number of carbonyl (C=O) groups is 1. The van der Waals surface area contributed by atoms with Gasteiger partial charge in [-0.3, -0.25) is 0 Å². The number of nitrogens with zero attached hydrogens (tertiary/aromatic N) is 1. The van der Waals surface area contributed by atoms with Gasteiger partial charge in [-0.15, -0.1) is 0 Å². The number of benzene rings is 1. The van der Waals surface area contributed by atoms with E-state index in [-0.39, 0.29) is 19.2 Å². The summed E-state index contributed by atoms with van der Waals surface area (Å²) in [4.78, 5) is 13.1. The zero-order valence-corrected chi connectivity index (χ0v) is 11.3. The quantitative estimate of drug-likeness (QED) is 0.773. The lowest BCUT2D eigenvalue weighted by atomic mass is 10.3. The van der Waals surface area contributed by atoms with Crippen LogP contribution in [-0.4, -0.2) is 42.8 Å². The first-order valence-corrected chi connectivity index (χ1v) is 6.03. The topological polar surface area (TPSA) is 61.8 Å². The molecule has 0 spiro atoms. The number of aliphatic hydroxyl groups excluding tert-OH is 1. The summed E-state index contributed by atoms with van der Waals surface area (Å²) < 4.78 is 5.49. The van der Waals surface area contributed by atoms with E-state index in [1.165, 1.54) is 4.90 Å². The van der Waals surface area contributed by atoms with Crippen molar-refractivity contribution in [1.82, 2.24) is 4.90 Å². The van der Waals surface area contributed by atoms with Crippen LogP contribution in [0.5, 0.6) is 5.75 Å². The number of carbonyl (C=O) groups excluding carboxylic acids is 1. The van der Waals surface area contributed by atoms with Gasteiger partial charge in [0.25, 0.3) is 0 Å². The van der Waals surface area contributed by atoms with E-state index in [1.54, 1.807) is 25.2 Å². The van der Waals surface area contributed by atoms with Gasteiger partial charge in [0, 0.05) is 25.3 Å². The van der Waals surface area contributed by atoms with Crippen LogP contribution < -0.4 is 10.1 Å². The number of rotatable bonds is 6. The highest BCUT2D eigenvalue weighted by atomic mass is 16.5. The van der Waals surface area contributed by atoms with E-state index in [0.717, 1.165) is 5.57 Å². The van der Waals surface area contributed by atoms with Crippen LogP contribution in [0.2, 0.25) is 0 Å². The van der Waals surface area contributed by atoms with E-state index >= 15 is 0 Å². The summed E-state index contributed by atoms with van der Waals surface area (Å²) in [7, 11) is 1.62. The van der Waals surface area contributed by atoms with E-state index in [0.29, 0.717) is 18.0 Å². The maximum absolute atomic E-state index is 11.7. The summed E-state index contributed by atoms with van der Waals surface area (Å²) in [5, 5.41) is 11.5. The minimum atomic E-state index is -0.272. The van der Waals surface area contributed by atoms with Gasteiger partial charge in [0.05, 0.1) is 6.61 Å². The zero-order chi connectivity index (χ0) is 14.3. The molecule has 0 aromatic heterocycles. The molecule has 104 valence electrons. The molecule has 2 N–H and O–H groups in total. The summed E-state index contributed by atoms with van der Waals surface area (Å²) in [6.07, 6.45) is 0. The summed E-state index contributed by atoms with van der Waals surface area (Å²) >= 11 is 0. The molecule has 0 unspecified atom stereocenters. The lowest BCUT2D eigenvalue weighted by molar-refractivity contribution is 0.202. The van der Waals surface area contributed by atoms with Crippen molar-refractivity contribution >= 4 is 11.7 Å². The fraction of sp³-hybridized carbons (Fsp3) is 0.357. The molecule has 0 atom stereocenters. The minimum Gasteiger partial charge on any atom is -0.489 e. The third-order valence-corrected chi connectivity index (χ3v) is 2.35. The highest BCUT2D eigenvalue weighted by Crippen LogP contribution is 2.18. The van der Waals surface area contributed by atoms with Crippen molar-refractivity contribution in [3.8, 4) is 5.75 Å². The van der Waals surface area contributed by atoms with Gasteiger partial charge in [-0.2, -0.15) is 0 Å². The van der Waals surface area contributed by atoms with Gasteiger partial charge in [-0.05, 0) is 24.6 Å². The van der Waals surface area contributed by atoms with Gasteiger partial charge < -0.3 is 20.1 Å². The Morgan fingerprint density at radius 1 is 1.53 bits per heavy atom. The van der Waals surface area contributed by atoms with Gasteiger partial charge in [-0.25, -0.2) is 4.79 Å². The van der Waals surface area contributed by atoms with Crippen LogP contribution in [0.4, 0.5) is 10.5 Å². The normalized spacial score (nSPS) is 9.84. The molecule has 5 heteroatoms. The SMILES string of the molecule is C=C(C)COc1cccc(NC(=O)N(C)CCO)c1. The predicted octanol–water partition coefficient (Wildman–Crippen LogP) is 2.10. The first kappa shape index (κ1) is 15.0. The molecule has 5 nitrogen and oxygen atoms in total. The smallest absolute Gasteiger partial charge is 0.321 e. The van der Waals surface area contributed by atoms with Crippen LogP contribution in [0.15, 0.2) is 36.4 Å². The van der Waals surface area contributed by atoms with Gasteiger partial charge in [0.1, 0.15) is 12.4 Å². The standard InChI is InChI=1S/C14H20N2O3/c1-11(2)10-19-13-6-4-5-12(9-13)15-14(18)16(3)7-8-17/h4-6,9,17H,1,7-8,10H2,2-3H3,(H,15,18). The number of aliphatic hydroxyl groups is 1. The van der Waals surface area contributed by atoms with E-state index in [2.05, 4.69) is 11.9 Å². The number of urea groups is 1.